The van der Waals surface area contributed by atoms with Crippen LogP contribution in [0, 0.1) is 11.3 Å². The van der Waals surface area contributed by atoms with E-state index in [1.807, 2.05) is 11.3 Å². The van der Waals surface area contributed by atoms with E-state index in [2.05, 4.69) is 27.7 Å². The highest BCUT2D eigenvalue weighted by molar-refractivity contribution is 7.10. The number of carbonyl (C=O) groups excluding carboxylic acids is 1. The molecule has 0 bridgehead atoms. The van der Waals surface area contributed by atoms with Crippen molar-refractivity contribution < 1.29 is 4.79 Å². The Balaban J connectivity index is 1.57. The second-order valence-electron chi connectivity index (χ2n) is 6.49. The van der Waals surface area contributed by atoms with Crippen molar-refractivity contribution in [2.45, 2.75) is 57.0 Å². The maximum atomic E-state index is 12.4. The van der Waals surface area contributed by atoms with E-state index >= 15 is 0 Å². The fourth-order valence-electron chi connectivity index (χ4n) is 3.55. The van der Waals surface area contributed by atoms with Crippen molar-refractivity contribution in [2.75, 3.05) is 13.1 Å². The summed E-state index contributed by atoms with van der Waals surface area (Å²) in [5.41, 5.74) is 0.727. The molecule has 0 unspecified atom stereocenters. The molecule has 2 aliphatic rings. The second kappa shape index (κ2) is 6.80. The van der Waals surface area contributed by atoms with Crippen LogP contribution >= 0.6 is 11.3 Å². The number of thiophene rings is 1. The Morgan fingerprint density at radius 2 is 2.14 bits per heavy atom. The van der Waals surface area contributed by atoms with Gasteiger partial charge >= 0.3 is 0 Å². The van der Waals surface area contributed by atoms with Crippen LogP contribution in [-0.2, 0) is 17.8 Å². The van der Waals surface area contributed by atoms with Crippen LogP contribution in [-0.4, -0.2) is 29.4 Å². The zero-order valence-corrected chi connectivity index (χ0v) is 13.8. The Hall–Kier alpha value is -1.38. The summed E-state index contributed by atoms with van der Waals surface area (Å²) in [6.45, 7) is 2.19. The number of hydrogen-bond donors (Lipinski definition) is 1. The molecular formula is C17H23N3OS. The lowest BCUT2D eigenvalue weighted by atomic mass is 9.92. The molecule has 0 radical (unpaired) electrons. The minimum Gasteiger partial charge on any atom is -0.337 e. The predicted octanol–water partition coefficient (Wildman–Crippen LogP) is 2.84. The van der Waals surface area contributed by atoms with Gasteiger partial charge in [-0.2, -0.15) is 5.26 Å². The summed E-state index contributed by atoms with van der Waals surface area (Å²) in [5, 5.41) is 14.7. The molecule has 1 aliphatic heterocycles. The Kier molecular flexibility index (Phi) is 4.80. The number of fused-ring (bicyclic) bond motifs is 1. The zero-order chi connectivity index (χ0) is 15.4. The van der Waals surface area contributed by atoms with Gasteiger partial charge in [0.2, 0.25) is 5.91 Å². The maximum absolute atomic E-state index is 12.4. The molecule has 22 heavy (non-hydrogen) atoms. The first-order chi connectivity index (χ1) is 10.7. The van der Waals surface area contributed by atoms with Crippen molar-refractivity contribution in [1.82, 2.24) is 10.2 Å². The number of nitriles is 1. The average molecular weight is 317 g/mol. The smallest absolute Gasteiger partial charge is 0.235 e. The highest BCUT2D eigenvalue weighted by atomic mass is 32.1. The molecule has 0 saturated heterocycles. The van der Waals surface area contributed by atoms with E-state index in [9.17, 15) is 10.1 Å². The zero-order valence-electron chi connectivity index (χ0n) is 12.9. The monoisotopic (exact) mass is 317 g/mol. The Bertz CT molecular complexity index is 567. The van der Waals surface area contributed by atoms with Gasteiger partial charge in [-0.3, -0.25) is 9.69 Å². The molecule has 1 N–H and O–H groups in total. The number of rotatable bonds is 3. The van der Waals surface area contributed by atoms with Crippen LogP contribution in [0.2, 0.25) is 0 Å². The first-order valence-electron chi connectivity index (χ1n) is 8.21. The van der Waals surface area contributed by atoms with E-state index in [0.717, 1.165) is 45.2 Å². The lowest BCUT2D eigenvalue weighted by Gasteiger charge is -2.30. The predicted molar refractivity (Wildman–Crippen MR) is 87.5 cm³/mol. The third kappa shape index (κ3) is 3.50. The summed E-state index contributed by atoms with van der Waals surface area (Å²) < 4.78 is 0. The highest BCUT2D eigenvalue weighted by Crippen LogP contribution is 2.27. The normalized spacial score (nSPS) is 21.4. The number of nitrogens with zero attached hydrogens (tertiary/aromatic N) is 2. The summed E-state index contributed by atoms with van der Waals surface area (Å²) in [5.74, 6) is 0.00197. The highest BCUT2D eigenvalue weighted by Gasteiger charge is 2.33. The molecule has 1 aliphatic carbocycles. The van der Waals surface area contributed by atoms with Crippen LogP contribution in [0.25, 0.3) is 0 Å². The van der Waals surface area contributed by atoms with Gasteiger partial charge in [-0.25, -0.2) is 0 Å². The molecule has 4 nitrogen and oxygen atoms in total. The molecule has 1 saturated carbocycles. The van der Waals surface area contributed by atoms with Crippen LogP contribution in [0.1, 0.15) is 49.0 Å². The Morgan fingerprint density at radius 3 is 2.86 bits per heavy atom. The van der Waals surface area contributed by atoms with Crippen LogP contribution in [0.4, 0.5) is 0 Å². The van der Waals surface area contributed by atoms with Crippen molar-refractivity contribution in [3.05, 3.63) is 21.9 Å². The van der Waals surface area contributed by atoms with Crippen molar-refractivity contribution in [1.29, 1.82) is 5.26 Å². The quantitative estimate of drug-likeness (QED) is 0.872. The summed E-state index contributed by atoms with van der Waals surface area (Å²) in [4.78, 5) is 16.0. The summed E-state index contributed by atoms with van der Waals surface area (Å²) >= 11 is 1.81. The van der Waals surface area contributed by atoms with E-state index in [4.69, 9.17) is 0 Å². The van der Waals surface area contributed by atoms with Gasteiger partial charge in [-0.05, 0) is 36.3 Å². The number of nitrogens with one attached hydrogen (secondary N) is 1. The minimum absolute atomic E-state index is 0.00197. The largest absolute Gasteiger partial charge is 0.337 e. The fourth-order valence-corrected chi connectivity index (χ4v) is 4.44. The molecule has 0 spiro atoms. The molecule has 1 aromatic rings. The summed E-state index contributed by atoms with van der Waals surface area (Å²) in [7, 11) is 0. The molecule has 1 amide bonds. The van der Waals surface area contributed by atoms with E-state index in [0.29, 0.717) is 6.54 Å². The van der Waals surface area contributed by atoms with Crippen molar-refractivity contribution in [2.24, 2.45) is 0 Å². The molecule has 3 rings (SSSR count). The first-order valence-corrected chi connectivity index (χ1v) is 9.09. The van der Waals surface area contributed by atoms with Gasteiger partial charge in [0, 0.05) is 18.0 Å². The first kappa shape index (κ1) is 15.5. The average Bonchev–Trinajstić information content (AvgIpc) is 2.85. The minimum atomic E-state index is -0.628. The Labute approximate surface area is 136 Å². The standard InChI is InChI=1S/C17H23N3OS/c18-13-17(7-3-1-2-4-8-17)19-16(21)12-20-9-5-15-14(11-20)6-10-22-15/h6,10H,1-5,7-9,11-12H2,(H,19,21). The lowest BCUT2D eigenvalue weighted by Crippen LogP contribution is -2.50. The van der Waals surface area contributed by atoms with Crippen LogP contribution in [0.15, 0.2) is 11.4 Å². The van der Waals surface area contributed by atoms with E-state index in [-0.39, 0.29) is 5.91 Å². The topological polar surface area (TPSA) is 56.1 Å². The molecule has 1 aromatic heterocycles. The van der Waals surface area contributed by atoms with Crippen molar-refractivity contribution in [3.63, 3.8) is 0 Å². The van der Waals surface area contributed by atoms with Crippen LogP contribution in [0.5, 0.6) is 0 Å². The van der Waals surface area contributed by atoms with E-state index < -0.39 is 5.54 Å². The van der Waals surface area contributed by atoms with Gasteiger partial charge in [0.25, 0.3) is 0 Å². The van der Waals surface area contributed by atoms with Gasteiger partial charge in [-0.1, -0.05) is 25.7 Å². The molecule has 0 aromatic carbocycles. The van der Waals surface area contributed by atoms with Crippen LogP contribution in [0.3, 0.4) is 0 Å². The molecule has 0 atom stereocenters. The van der Waals surface area contributed by atoms with Gasteiger partial charge in [0.05, 0.1) is 12.6 Å². The fraction of sp³-hybridized carbons (Fsp3) is 0.647. The third-order valence-electron chi connectivity index (χ3n) is 4.80. The summed E-state index contributed by atoms with van der Waals surface area (Å²) in [6, 6.07) is 4.55. The number of amides is 1. The summed E-state index contributed by atoms with van der Waals surface area (Å²) in [6.07, 6.45) is 7.04. The van der Waals surface area contributed by atoms with Gasteiger partial charge in [0.15, 0.2) is 0 Å². The van der Waals surface area contributed by atoms with Gasteiger partial charge in [-0.15, -0.1) is 11.3 Å². The van der Waals surface area contributed by atoms with Crippen molar-refractivity contribution in [3.8, 4) is 6.07 Å². The third-order valence-corrected chi connectivity index (χ3v) is 5.83. The maximum Gasteiger partial charge on any atom is 0.235 e. The molecule has 2 heterocycles. The molecule has 118 valence electrons. The van der Waals surface area contributed by atoms with Gasteiger partial charge < -0.3 is 5.32 Å². The van der Waals surface area contributed by atoms with Gasteiger partial charge in [0.1, 0.15) is 5.54 Å². The Morgan fingerprint density at radius 1 is 1.36 bits per heavy atom. The molecule has 1 fully saturated rings. The SMILES string of the molecule is N#CC1(NC(=O)CN2CCc3sccc3C2)CCCCCC1. The van der Waals surface area contributed by atoms with Crippen LogP contribution < -0.4 is 5.32 Å². The lowest BCUT2D eigenvalue weighted by molar-refractivity contribution is -0.124. The molecule has 5 heteroatoms. The van der Waals surface area contributed by atoms with Crippen molar-refractivity contribution >= 4 is 17.2 Å². The number of carbonyl (C=O) groups is 1. The second-order valence-corrected chi connectivity index (χ2v) is 7.49. The number of hydrogen-bond acceptors (Lipinski definition) is 4. The van der Waals surface area contributed by atoms with E-state index in [1.54, 1.807) is 0 Å². The van der Waals surface area contributed by atoms with E-state index in [1.165, 1.54) is 23.3 Å². The molecular weight excluding hydrogens is 294 g/mol.